The minimum absolute atomic E-state index is 0.0749. The summed E-state index contributed by atoms with van der Waals surface area (Å²) in [5.74, 6) is 0.664. The zero-order valence-corrected chi connectivity index (χ0v) is 22.7. The third-order valence-electron chi connectivity index (χ3n) is 6.55. The molecule has 2 aromatic rings. The van der Waals surface area contributed by atoms with Crippen molar-refractivity contribution in [3.8, 4) is 5.75 Å². The number of carbonyl (C=O) groups is 1. The van der Waals surface area contributed by atoms with Gasteiger partial charge >= 0.3 is 163 Å². The Morgan fingerprint density at radius 1 is 1.23 bits per heavy atom. The van der Waals surface area contributed by atoms with E-state index >= 15 is 0 Å². The SMILES string of the molecule is Cc1c(C)c(S(=O)(=O)NCCCCC(NCB=O)C(=O)c2nccs2)c(C)c2c1OC(C)(C)CC2. The molecule has 1 aliphatic rings. The van der Waals surface area contributed by atoms with Crippen LogP contribution in [0.3, 0.4) is 0 Å². The molecule has 0 spiro atoms. The fourth-order valence-corrected chi connectivity index (χ4v) is 6.78. The van der Waals surface area contributed by atoms with Crippen molar-refractivity contribution in [3.05, 3.63) is 38.8 Å². The molecule has 0 saturated heterocycles. The number of thiazole rings is 1. The van der Waals surface area contributed by atoms with Crippen LogP contribution in [0.1, 0.15) is 71.6 Å². The predicted octanol–water partition coefficient (Wildman–Crippen LogP) is 3.47. The average Bonchev–Trinajstić information content (AvgIpc) is 3.33. The quantitative estimate of drug-likeness (QED) is 0.251. The molecule has 1 aliphatic heterocycles. The van der Waals surface area contributed by atoms with E-state index in [0.717, 1.165) is 35.3 Å². The van der Waals surface area contributed by atoms with E-state index in [1.807, 2.05) is 20.8 Å². The van der Waals surface area contributed by atoms with Gasteiger partial charge in [0.1, 0.15) is 11.4 Å². The number of sulfonamides is 1. The topological polar surface area (TPSA) is 114 Å². The molecule has 11 heteroatoms. The minimum Gasteiger partial charge on any atom is -0.487 e. The van der Waals surface area contributed by atoms with E-state index in [2.05, 4.69) is 28.9 Å². The Balaban J connectivity index is 1.64. The molecule has 1 aromatic heterocycles. The summed E-state index contributed by atoms with van der Waals surface area (Å²) in [7, 11) is -3.00. The number of unbranched alkanes of at least 4 members (excludes halogenated alkanes) is 1. The Hall–Kier alpha value is -1.95. The van der Waals surface area contributed by atoms with Crippen molar-refractivity contribution in [2.45, 2.75) is 83.3 Å². The van der Waals surface area contributed by atoms with Crippen LogP contribution in [0.15, 0.2) is 16.5 Å². The molecule has 35 heavy (non-hydrogen) atoms. The molecule has 8 nitrogen and oxygen atoms in total. The van der Waals surface area contributed by atoms with E-state index in [9.17, 15) is 17.9 Å². The first-order chi connectivity index (χ1) is 16.5. The molecule has 0 bridgehead atoms. The van der Waals surface area contributed by atoms with E-state index in [4.69, 9.17) is 4.74 Å². The predicted molar refractivity (Wildman–Crippen MR) is 137 cm³/mol. The second kappa shape index (κ2) is 11.4. The van der Waals surface area contributed by atoms with E-state index in [-0.39, 0.29) is 24.4 Å². The van der Waals surface area contributed by atoms with Crippen molar-refractivity contribution in [1.29, 1.82) is 0 Å². The Kier molecular flexibility index (Phi) is 9.01. The summed E-state index contributed by atoms with van der Waals surface area (Å²) in [5, 5.41) is 5.08. The van der Waals surface area contributed by atoms with Crippen LogP contribution >= 0.6 is 11.3 Å². The zero-order chi connectivity index (χ0) is 25.8. The fraction of sp³-hybridized carbons (Fsp3) is 0.583. The van der Waals surface area contributed by atoms with Crippen molar-refractivity contribution in [2.75, 3.05) is 13.0 Å². The number of ether oxygens (including phenoxy) is 1. The molecule has 0 aliphatic carbocycles. The van der Waals surface area contributed by atoms with Gasteiger partial charge in [-0.05, 0) is 33.6 Å². The molecule has 0 fully saturated rings. The number of fused-ring (bicyclic) bond motifs is 1. The van der Waals surface area contributed by atoms with E-state index in [0.29, 0.717) is 41.9 Å². The van der Waals surface area contributed by atoms with Gasteiger partial charge in [-0.2, -0.15) is 0 Å². The number of hydrogen-bond acceptors (Lipinski definition) is 8. The fourth-order valence-electron chi connectivity index (χ4n) is 4.51. The zero-order valence-electron chi connectivity index (χ0n) is 21.1. The average molecular weight is 519 g/mol. The molecular formula is C24H34BN3O5S2. The number of aromatic nitrogens is 1. The number of benzene rings is 1. The summed E-state index contributed by atoms with van der Waals surface area (Å²) in [6, 6.07) is -0.528. The van der Waals surface area contributed by atoms with E-state index < -0.39 is 16.1 Å². The summed E-state index contributed by atoms with van der Waals surface area (Å²) in [6.45, 7) is 9.96. The van der Waals surface area contributed by atoms with Gasteiger partial charge in [-0.15, -0.1) is 0 Å². The number of carbonyl (C=O) groups excluding carboxylic acids is 1. The smallest absolute Gasteiger partial charge is 0.487 e. The van der Waals surface area contributed by atoms with Crippen molar-refractivity contribution < 1.29 is 22.7 Å². The first-order valence-electron chi connectivity index (χ1n) is 11.9. The molecule has 1 aromatic carbocycles. The monoisotopic (exact) mass is 519 g/mol. The van der Waals surface area contributed by atoms with Crippen LogP contribution in [0.5, 0.6) is 5.75 Å². The Bertz CT molecular complexity index is 1180. The standard InChI is InChI=1S/C24H34BN3O5S2/c1-15-16(2)22(17(3)18-9-10-24(4,5)33-21(15)18)35(31,32)28-11-7-6-8-19(27-14-25-30)20(29)23-26-12-13-34-23/h12-13,19,27-28H,6-11,14H2,1-5H3. The van der Waals surface area contributed by atoms with E-state index in [1.165, 1.54) is 11.3 Å². The Labute approximate surface area is 212 Å². The van der Waals surface area contributed by atoms with Crippen LogP contribution in [0.25, 0.3) is 0 Å². The van der Waals surface area contributed by atoms with Crippen LogP contribution in [0.2, 0.25) is 0 Å². The second-order valence-corrected chi connectivity index (χ2v) is 12.2. The van der Waals surface area contributed by atoms with Crippen LogP contribution < -0.4 is 14.8 Å². The molecule has 1 unspecified atom stereocenters. The number of rotatable bonds is 12. The van der Waals surface area contributed by atoms with Crippen LogP contribution in [0.4, 0.5) is 0 Å². The normalized spacial score (nSPS) is 15.7. The molecule has 2 heterocycles. The van der Waals surface area contributed by atoms with Crippen LogP contribution in [-0.4, -0.2) is 51.0 Å². The third-order valence-corrected chi connectivity index (χ3v) is 9.08. The maximum absolute atomic E-state index is 13.3. The number of nitrogens with zero attached hydrogens (tertiary/aromatic N) is 1. The Morgan fingerprint density at radius 3 is 2.63 bits per heavy atom. The van der Waals surface area contributed by atoms with Crippen LogP contribution in [0, 0.1) is 20.8 Å². The summed E-state index contributed by atoms with van der Waals surface area (Å²) >= 11 is 1.26. The van der Waals surface area contributed by atoms with Gasteiger partial charge in [0.05, 0.1) is 0 Å². The van der Waals surface area contributed by atoms with Crippen molar-refractivity contribution in [1.82, 2.24) is 15.0 Å². The van der Waals surface area contributed by atoms with Gasteiger partial charge in [-0.1, -0.05) is 0 Å². The number of Topliss-reactive ketones (excluding diaryl/α,β-unsaturated/α-hetero) is 1. The molecule has 2 N–H and O–H groups in total. The minimum atomic E-state index is -3.72. The summed E-state index contributed by atoms with van der Waals surface area (Å²) in [5.41, 5.74) is 3.02. The number of nitrogens with one attached hydrogen (secondary N) is 2. The van der Waals surface area contributed by atoms with Crippen molar-refractivity contribution in [3.63, 3.8) is 0 Å². The summed E-state index contributed by atoms with van der Waals surface area (Å²) in [6.07, 6.45) is 4.91. The number of ketones is 1. The molecule has 190 valence electrons. The second-order valence-electron chi connectivity index (χ2n) is 9.60. The summed E-state index contributed by atoms with van der Waals surface area (Å²) < 4.78 is 46.3. The van der Waals surface area contributed by atoms with Gasteiger partial charge in [-0.25, -0.2) is 0 Å². The first-order valence-corrected chi connectivity index (χ1v) is 14.3. The molecule has 0 radical (unpaired) electrons. The van der Waals surface area contributed by atoms with Gasteiger partial charge in [0.15, 0.2) is 0 Å². The van der Waals surface area contributed by atoms with Crippen LogP contribution in [-0.2, 0) is 21.1 Å². The third kappa shape index (κ3) is 6.44. The van der Waals surface area contributed by atoms with E-state index in [1.54, 1.807) is 11.6 Å². The van der Waals surface area contributed by atoms with Gasteiger partial charge < -0.3 is 4.74 Å². The van der Waals surface area contributed by atoms with Gasteiger partial charge in [0, 0.05) is 0 Å². The molecule has 1 atom stereocenters. The van der Waals surface area contributed by atoms with Gasteiger partial charge in [0.2, 0.25) is 0 Å². The van der Waals surface area contributed by atoms with Crippen molar-refractivity contribution in [2.24, 2.45) is 0 Å². The van der Waals surface area contributed by atoms with Crippen molar-refractivity contribution >= 4 is 34.3 Å². The molecule has 0 amide bonds. The maximum atomic E-state index is 13.3. The van der Waals surface area contributed by atoms with Gasteiger partial charge in [0.25, 0.3) is 0 Å². The molecule has 3 rings (SSSR count). The van der Waals surface area contributed by atoms with Gasteiger partial charge in [-0.3, -0.25) is 0 Å². The Morgan fingerprint density at radius 2 is 1.97 bits per heavy atom. The first kappa shape index (κ1) is 27.6. The summed E-state index contributed by atoms with van der Waals surface area (Å²) in [4.78, 5) is 17.0. The number of hydrogen-bond donors (Lipinski definition) is 2. The molecule has 0 saturated carbocycles. The molecular weight excluding hydrogens is 485 g/mol.